The molecule has 0 spiro atoms. The van der Waals surface area contributed by atoms with E-state index in [-0.39, 0.29) is 12.2 Å². The van der Waals surface area contributed by atoms with Crippen molar-refractivity contribution in [3.8, 4) is 0 Å². The number of carbonyl (C=O) groups excluding carboxylic acids is 1. The summed E-state index contributed by atoms with van der Waals surface area (Å²) in [6.07, 6.45) is 16.9. The Balaban J connectivity index is 1.56. The summed E-state index contributed by atoms with van der Waals surface area (Å²) in [5, 5.41) is 5.71. The van der Waals surface area contributed by atoms with Gasteiger partial charge in [-0.2, -0.15) is 5.10 Å². The van der Waals surface area contributed by atoms with Crippen LogP contribution in [0, 0.1) is 0 Å². The van der Waals surface area contributed by atoms with Gasteiger partial charge >= 0.3 is 6.03 Å². The van der Waals surface area contributed by atoms with E-state index in [2.05, 4.69) is 10.6 Å². The van der Waals surface area contributed by atoms with Crippen LogP contribution >= 0.6 is 0 Å². The summed E-state index contributed by atoms with van der Waals surface area (Å²) < 4.78 is 0. The Morgan fingerprint density at radius 1 is 0.840 bits per heavy atom. The fourth-order valence-electron chi connectivity index (χ4n) is 3.97. The van der Waals surface area contributed by atoms with Gasteiger partial charge in [0.2, 0.25) is 0 Å². The number of urea groups is 1. The highest BCUT2D eigenvalue weighted by Crippen LogP contribution is 2.23. The van der Waals surface area contributed by atoms with Crippen molar-refractivity contribution in [2.24, 2.45) is 5.10 Å². The van der Waals surface area contributed by atoms with E-state index in [1.807, 2.05) is 0 Å². The molecule has 3 rings (SSSR count). The van der Waals surface area contributed by atoms with E-state index >= 15 is 0 Å². The molecule has 3 fully saturated rings. The predicted molar refractivity (Wildman–Crippen MR) is 96.8 cm³/mol. The molecule has 0 aromatic carbocycles. The number of hydrogen-bond acceptors (Lipinski definition) is 4. The van der Waals surface area contributed by atoms with Crippen LogP contribution in [0.5, 0.6) is 0 Å². The van der Waals surface area contributed by atoms with Crippen LogP contribution in [-0.4, -0.2) is 29.1 Å². The maximum atomic E-state index is 12.6. The van der Waals surface area contributed by atoms with Crippen LogP contribution < -0.4 is 5.48 Å². The van der Waals surface area contributed by atoms with E-state index in [0.29, 0.717) is 0 Å². The molecule has 3 saturated carbocycles. The van der Waals surface area contributed by atoms with Crippen LogP contribution in [0.15, 0.2) is 5.10 Å². The van der Waals surface area contributed by atoms with Gasteiger partial charge in [0.25, 0.3) is 0 Å². The minimum Gasteiger partial charge on any atom is -0.269 e. The lowest BCUT2D eigenvalue weighted by atomic mass is 9.98. The molecule has 3 aliphatic rings. The molecular formula is C19H33N3O3. The maximum absolute atomic E-state index is 12.6. The number of hydrazone groups is 1. The molecule has 1 N–H and O–H groups in total. The van der Waals surface area contributed by atoms with Crippen LogP contribution in [0.3, 0.4) is 0 Å². The van der Waals surface area contributed by atoms with Gasteiger partial charge in [-0.05, 0) is 51.4 Å². The topological polar surface area (TPSA) is 63.2 Å². The third kappa shape index (κ3) is 6.26. The maximum Gasteiger partial charge on any atom is 0.387 e. The first-order chi connectivity index (χ1) is 12.3. The molecule has 6 nitrogen and oxygen atoms in total. The molecule has 2 amide bonds. The molecule has 0 aromatic heterocycles. The molecule has 0 bridgehead atoms. The number of hydrogen-bond donors (Lipinski definition) is 1. The fourth-order valence-corrected chi connectivity index (χ4v) is 3.97. The van der Waals surface area contributed by atoms with Crippen molar-refractivity contribution in [2.75, 3.05) is 0 Å². The summed E-state index contributed by atoms with van der Waals surface area (Å²) in [6.45, 7) is 0. The van der Waals surface area contributed by atoms with Crippen LogP contribution in [0.1, 0.15) is 96.3 Å². The highest BCUT2D eigenvalue weighted by molar-refractivity contribution is 5.86. The average molecular weight is 351 g/mol. The summed E-state index contributed by atoms with van der Waals surface area (Å²) >= 11 is 0. The molecule has 0 aliphatic heterocycles. The van der Waals surface area contributed by atoms with Crippen LogP contribution in [0.25, 0.3) is 0 Å². The number of nitrogens with one attached hydrogen (secondary N) is 1. The molecule has 0 saturated heterocycles. The van der Waals surface area contributed by atoms with Crippen molar-refractivity contribution in [1.82, 2.24) is 10.7 Å². The van der Waals surface area contributed by atoms with E-state index in [1.54, 1.807) is 0 Å². The molecule has 0 radical (unpaired) electrons. The Morgan fingerprint density at radius 2 is 1.40 bits per heavy atom. The molecule has 0 heterocycles. The Kier molecular flexibility index (Phi) is 7.55. The molecule has 0 aromatic rings. The average Bonchev–Trinajstić information content (AvgIpc) is 2.68. The van der Waals surface area contributed by atoms with Gasteiger partial charge in [-0.3, -0.25) is 4.84 Å². The lowest BCUT2D eigenvalue weighted by Gasteiger charge is -2.28. The second-order valence-electron chi connectivity index (χ2n) is 7.65. The highest BCUT2D eigenvalue weighted by Gasteiger charge is 2.24. The normalized spacial score (nSPS) is 23.3. The van der Waals surface area contributed by atoms with Gasteiger partial charge in [0.15, 0.2) is 0 Å². The van der Waals surface area contributed by atoms with E-state index in [9.17, 15) is 4.79 Å². The SMILES string of the molecule is O=C(NOC1CCCCC1)N(N=C1CCCCC1)OC1CCCCC1. The third-order valence-corrected chi connectivity index (χ3v) is 5.50. The first kappa shape index (κ1) is 18.6. The second-order valence-corrected chi connectivity index (χ2v) is 7.65. The largest absolute Gasteiger partial charge is 0.387 e. The lowest BCUT2D eigenvalue weighted by Crippen LogP contribution is -2.42. The Morgan fingerprint density at radius 3 is 2.04 bits per heavy atom. The Labute approximate surface area is 151 Å². The van der Waals surface area contributed by atoms with Gasteiger partial charge in [-0.25, -0.2) is 15.1 Å². The van der Waals surface area contributed by atoms with Gasteiger partial charge < -0.3 is 0 Å². The van der Waals surface area contributed by atoms with Crippen LogP contribution in [0.2, 0.25) is 0 Å². The zero-order chi connectivity index (χ0) is 17.3. The van der Waals surface area contributed by atoms with Gasteiger partial charge in [-0.1, -0.05) is 50.1 Å². The summed E-state index contributed by atoms with van der Waals surface area (Å²) in [5.74, 6) is 0. The monoisotopic (exact) mass is 351 g/mol. The third-order valence-electron chi connectivity index (χ3n) is 5.50. The molecule has 25 heavy (non-hydrogen) atoms. The van der Waals surface area contributed by atoms with Crippen molar-refractivity contribution in [3.63, 3.8) is 0 Å². The predicted octanol–water partition coefficient (Wildman–Crippen LogP) is 4.85. The number of hydroxylamine groups is 2. The van der Waals surface area contributed by atoms with Crippen molar-refractivity contribution in [2.45, 2.75) is 109 Å². The standard InChI is InChI=1S/C19H33N3O3/c23-19(21-24-17-12-6-2-7-13-17)22(20-16-10-4-1-5-11-16)25-18-14-8-3-9-15-18/h17-18H,1-15H2,(H,21,23). The number of rotatable bonds is 5. The zero-order valence-electron chi connectivity index (χ0n) is 15.4. The summed E-state index contributed by atoms with van der Waals surface area (Å²) in [5.41, 5.74) is 3.65. The summed E-state index contributed by atoms with van der Waals surface area (Å²) in [4.78, 5) is 24.2. The molecule has 0 unspecified atom stereocenters. The molecule has 6 heteroatoms. The van der Waals surface area contributed by atoms with E-state index in [1.165, 1.54) is 37.3 Å². The number of carbonyl (C=O) groups is 1. The summed E-state index contributed by atoms with van der Waals surface area (Å²) in [7, 11) is 0. The fraction of sp³-hybridized carbons (Fsp3) is 0.895. The first-order valence-corrected chi connectivity index (χ1v) is 10.3. The van der Waals surface area contributed by atoms with Gasteiger partial charge in [0.05, 0.1) is 12.2 Å². The minimum absolute atomic E-state index is 0.0853. The number of amides is 2. The minimum atomic E-state index is -0.394. The molecule has 142 valence electrons. The second kappa shape index (κ2) is 10.1. The van der Waals surface area contributed by atoms with Crippen molar-refractivity contribution in [3.05, 3.63) is 0 Å². The van der Waals surface area contributed by atoms with Gasteiger partial charge in [0, 0.05) is 5.71 Å². The first-order valence-electron chi connectivity index (χ1n) is 10.3. The smallest absolute Gasteiger partial charge is 0.269 e. The molecular weight excluding hydrogens is 318 g/mol. The van der Waals surface area contributed by atoms with Crippen LogP contribution in [0.4, 0.5) is 4.79 Å². The van der Waals surface area contributed by atoms with E-state index in [4.69, 9.17) is 9.68 Å². The quantitative estimate of drug-likeness (QED) is 0.720. The van der Waals surface area contributed by atoms with E-state index < -0.39 is 6.03 Å². The highest BCUT2D eigenvalue weighted by atomic mass is 16.7. The lowest BCUT2D eigenvalue weighted by molar-refractivity contribution is -0.178. The Hall–Kier alpha value is -1.14. The van der Waals surface area contributed by atoms with Crippen molar-refractivity contribution in [1.29, 1.82) is 0 Å². The molecule has 3 aliphatic carbocycles. The molecule has 0 atom stereocenters. The van der Waals surface area contributed by atoms with Crippen molar-refractivity contribution < 1.29 is 14.5 Å². The van der Waals surface area contributed by atoms with Gasteiger partial charge in [-0.15, -0.1) is 0 Å². The van der Waals surface area contributed by atoms with Crippen molar-refractivity contribution >= 4 is 11.7 Å². The van der Waals surface area contributed by atoms with E-state index in [0.717, 1.165) is 69.9 Å². The van der Waals surface area contributed by atoms with Gasteiger partial charge in [0.1, 0.15) is 0 Å². The summed E-state index contributed by atoms with van der Waals surface area (Å²) in [6, 6.07) is -0.394. The zero-order valence-corrected chi connectivity index (χ0v) is 15.4. The number of nitrogens with zero attached hydrogens (tertiary/aromatic N) is 2. The van der Waals surface area contributed by atoms with Crippen LogP contribution in [-0.2, 0) is 9.68 Å². The Bertz CT molecular complexity index is 435.